The molecule has 0 amide bonds. The normalized spacial score (nSPS) is 9.85. The lowest BCUT2D eigenvalue weighted by molar-refractivity contribution is 0.319. The van der Waals surface area contributed by atoms with Crippen LogP contribution in [-0.4, -0.2) is 19.3 Å². The Labute approximate surface area is 79.7 Å². The molecule has 1 rings (SSSR count). The lowest BCUT2D eigenvalue weighted by Gasteiger charge is -2.10. The molecule has 13 heavy (non-hydrogen) atoms. The van der Waals surface area contributed by atoms with E-state index in [-0.39, 0.29) is 22.3 Å². The second kappa shape index (κ2) is 3.70. The molecule has 1 aromatic carbocycles. The van der Waals surface area contributed by atoms with Crippen molar-refractivity contribution in [1.29, 1.82) is 0 Å². The molecule has 0 aromatic heterocycles. The largest absolute Gasteiger partial charge is 0.504 e. The van der Waals surface area contributed by atoms with Crippen molar-refractivity contribution in [3.8, 4) is 17.2 Å². The first-order valence-corrected chi connectivity index (χ1v) is 3.78. The monoisotopic (exact) mass is 206 g/mol. The number of aromatic hydroxyl groups is 1. The van der Waals surface area contributed by atoms with Crippen molar-refractivity contribution in [2.24, 2.45) is 0 Å². The number of phenols is 1. The van der Waals surface area contributed by atoms with Crippen molar-refractivity contribution >= 4 is 11.6 Å². The SMILES string of the molecule is COc1c(O)cc(Cl)c(F)c1OC. The standard InChI is InChI=1S/C8H8ClFO3/c1-12-7-5(11)3-4(9)6(10)8(7)13-2/h3,11H,1-2H3. The first-order valence-electron chi connectivity index (χ1n) is 3.40. The van der Waals surface area contributed by atoms with E-state index in [0.29, 0.717) is 0 Å². The van der Waals surface area contributed by atoms with Crippen molar-refractivity contribution in [3.05, 3.63) is 16.9 Å². The van der Waals surface area contributed by atoms with E-state index in [1.807, 2.05) is 0 Å². The van der Waals surface area contributed by atoms with Crippen LogP contribution >= 0.6 is 11.6 Å². The van der Waals surface area contributed by atoms with Crippen molar-refractivity contribution in [2.75, 3.05) is 14.2 Å². The Morgan fingerprint density at radius 1 is 1.31 bits per heavy atom. The average molecular weight is 207 g/mol. The lowest BCUT2D eigenvalue weighted by atomic mass is 10.3. The number of phenolic OH excluding ortho intramolecular Hbond substituents is 1. The van der Waals surface area contributed by atoms with Gasteiger partial charge in [0.05, 0.1) is 19.2 Å². The zero-order valence-electron chi connectivity index (χ0n) is 7.10. The number of rotatable bonds is 2. The molecular formula is C8H8ClFO3. The van der Waals surface area contributed by atoms with Crippen LogP contribution in [0.15, 0.2) is 6.07 Å². The molecule has 0 unspecified atom stereocenters. The maximum atomic E-state index is 13.2. The van der Waals surface area contributed by atoms with Gasteiger partial charge in [-0.05, 0) is 0 Å². The number of hydrogen-bond donors (Lipinski definition) is 1. The fourth-order valence-corrected chi connectivity index (χ4v) is 1.14. The van der Waals surface area contributed by atoms with E-state index in [9.17, 15) is 9.50 Å². The third-order valence-electron chi connectivity index (χ3n) is 1.52. The summed E-state index contributed by atoms with van der Waals surface area (Å²) in [5.41, 5.74) is 0. The Kier molecular flexibility index (Phi) is 2.83. The second-order valence-electron chi connectivity index (χ2n) is 2.26. The minimum absolute atomic E-state index is 0.0654. The molecule has 1 N–H and O–H groups in total. The molecule has 0 aliphatic rings. The molecule has 0 radical (unpaired) electrons. The van der Waals surface area contributed by atoms with E-state index in [0.717, 1.165) is 6.07 Å². The Morgan fingerprint density at radius 3 is 2.31 bits per heavy atom. The van der Waals surface area contributed by atoms with E-state index in [1.54, 1.807) is 0 Å². The van der Waals surface area contributed by atoms with Gasteiger partial charge in [0.25, 0.3) is 0 Å². The van der Waals surface area contributed by atoms with Crippen molar-refractivity contribution in [2.45, 2.75) is 0 Å². The molecule has 1 aromatic rings. The van der Waals surface area contributed by atoms with Crippen LogP contribution in [0.4, 0.5) is 4.39 Å². The highest BCUT2D eigenvalue weighted by Crippen LogP contribution is 2.41. The van der Waals surface area contributed by atoms with Gasteiger partial charge in [0, 0.05) is 6.07 Å². The first kappa shape index (κ1) is 9.92. The van der Waals surface area contributed by atoms with Crippen LogP contribution in [0.1, 0.15) is 0 Å². The summed E-state index contributed by atoms with van der Waals surface area (Å²) >= 11 is 5.46. The molecule has 0 atom stereocenters. The summed E-state index contributed by atoms with van der Waals surface area (Å²) in [6.07, 6.45) is 0. The first-order chi connectivity index (χ1) is 6.11. The number of halogens is 2. The van der Waals surface area contributed by atoms with Gasteiger partial charge in [0.2, 0.25) is 11.5 Å². The van der Waals surface area contributed by atoms with Gasteiger partial charge in [0.1, 0.15) is 0 Å². The van der Waals surface area contributed by atoms with Crippen molar-refractivity contribution < 1.29 is 19.0 Å². The summed E-state index contributed by atoms with van der Waals surface area (Å²) in [7, 11) is 2.56. The Bertz CT molecular complexity index is 328. The van der Waals surface area contributed by atoms with E-state index in [4.69, 9.17) is 16.3 Å². The summed E-state index contributed by atoms with van der Waals surface area (Å²) in [6, 6.07) is 1.05. The molecule has 3 nitrogen and oxygen atoms in total. The number of methoxy groups -OCH3 is 2. The van der Waals surface area contributed by atoms with Crippen LogP contribution in [0.2, 0.25) is 5.02 Å². The van der Waals surface area contributed by atoms with Gasteiger partial charge >= 0.3 is 0 Å². The van der Waals surface area contributed by atoms with E-state index in [2.05, 4.69) is 4.74 Å². The second-order valence-corrected chi connectivity index (χ2v) is 2.67. The highest BCUT2D eigenvalue weighted by atomic mass is 35.5. The lowest BCUT2D eigenvalue weighted by Crippen LogP contribution is -1.94. The fourth-order valence-electron chi connectivity index (χ4n) is 0.953. The predicted molar refractivity (Wildman–Crippen MR) is 46.2 cm³/mol. The van der Waals surface area contributed by atoms with Gasteiger partial charge in [-0.25, -0.2) is 4.39 Å². The minimum atomic E-state index is -0.751. The molecule has 5 heteroatoms. The van der Waals surface area contributed by atoms with Crippen LogP contribution in [0, 0.1) is 5.82 Å². The van der Waals surface area contributed by atoms with Crippen LogP contribution in [0.5, 0.6) is 17.2 Å². The topological polar surface area (TPSA) is 38.7 Å². The molecular weight excluding hydrogens is 199 g/mol. The van der Waals surface area contributed by atoms with Gasteiger partial charge in [-0.2, -0.15) is 0 Å². The number of ether oxygens (including phenoxy) is 2. The van der Waals surface area contributed by atoms with Crippen LogP contribution < -0.4 is 9.47 Å². The van der Waals surface area contributed by atoms with Crippen molar-refractivity contribution in [1.82, 2.24) is 0 Å². The van der Waals surface area contributed by atoms with Crippen LogP contribution in [-0.2, 0) is 0 Å². The molecule has 0 spiro atoms. The maximum absolute atomic E-state index is 13.2. The van der Waals surface area contributed by atoms with E-state index in [1.165, 1.54) is 14.2 Å². The average Bonchev–Trinajstić information content (AvgIpc) is 2.10. The van der Waals surface area contributed by atoms with Gasteiger partial charge in [-0.1, -0.05) is 11.6 Å². The third-order valence-corrected chi connectivity index (χ3v) is 1.79. The Morgan fingerprint density at radius 2 is 1.85 bits per heavy atom. The van der Waals surface area contributed by atoms with Gasteiger partial charge in [0.15, 0.2) is 11.6 Å². The van der Waals surface area contributed by atoms with Crippen LogP contribution in [0.25, 0.3) is 0 Å². The highest BCUT2D eigenvalue weighted by Gasteiger charge is 2.18. The van der Waals surface area contributed by atoms with E-state index >= 15 is 0 Å². The zero-order chi connectivity index (χ0) is 10.0. The summed E-state index contributed by atoms with van der Waals surface area (Å²) in [5, 5.41) is 9.06. The molecule has 0 bridgehead atoms. The van der Waals surface area contributed by atoms with E-state index < -0.39 is 5.82 Å². The van der Waals surface area contributed by atoms with Gasteiger partial charge in [-0.3, -0.25) is 0 Å². The summed E-state index contributed by atoms with van der Waals surface area (Å²) in [5.74, 6) is -1.28. The predicted octanol–water partition coefficient (Wildman–Crippen LogP) is 2.20. The smallest absolute Gasteiger partial charge is 0.206 e. The highest BCUT2D eigenvalue weighted by molar-refractivity contribution is 6.31. The number of hydrogen-bond acceptors (Lipinski definition) is 3. The summed E-state index contributed by atoms with van der Waals surface area (Å²) in [6.45, 7) is 0. The molecule has 0 saturated heterocycles. The summed E-state index contributed by atoms with van der Waals surface area (Å²) in [4.78, 5) is 0. The molecule has 0 heterocycles. The van der Waals surface area contributed by atoms with Crippen LogP contribution in [0.3, 0.4) is 0 Å². The molecule has 0 aliphatic carbocycles. The third kappa shape index (κ3) is 1.62. The van der Waals surface area contributed by atoms with Gasteiger partial charge in [-0.15, -0.1) is 0 Å². The molecule has 0 fully saturated rings. The fraction of sp³-hybridized carbons (Fsp3) is 0.250. The quantitative estimate of drug-likeness (QED) is 0.806. The zero-order valence-corrected chi connectivity index (χ0v) is 7.85. The Hall–Kier alpha value is -1.16. The number of benzene rings is 1. The molecule has 72 valence electrons. The summed E-state index contributed by atoms with van der Waals surface area (Å²) < 4.78 is 22.6. The maximum Gasteiger partial charge on any atom is 0.206 e. The minimum Gasteiger partial charge on any atom is -0.504 e. The van der Waals surface area contributed by atoms with Crippen molar-refractivity contribution in [3.63, 3.8) is 0 Å². The molecule has 0 saturated carbocycles. The van der Waals surface area contributed by atoms with Gasteiger partial charge < -0.3 is 14.6 Å². The molecule has 0 aliphatic heterocycles. The Balaban J connectivity index is 3.41.